The molecular formula is C18H18ClF4N3O5. The molecule has 0 bridgehead atoms. The van der Waals surface area contributed by atoms with Gasteiger partial charge < -0.3 is 25.1 Å². The van der Waals surface area contributed by atoms with Gasteiger partial charge in [0, 0.05) is 12.0 Å². The molecule has 2 heterocycles. The van der Waals surface area contributed by atoms with Gasteiger partial charge in [-0.1, -0.05) is 16.8 Å². The van der Waals surface area contributed by atoms with Crippen molar-refractivity contribution in [3.05, 3.63) is 40.3 Å². The number of aliphatic hydroxyl groups excluding tert-OH is 2. The molecule has 0 amide bonds. The molecule has 0 saturated carbocycles. The van der Waals surface area contributed by atoms with Gasteiger partial charge in [-0.25, -0.2) is 4.39 Å². The lowest BCUT2D eigenvalue weighted by molar-refractivity contribution is -0.147. The Hall–Kier alpha value is -2.57. The summed E-state index contributed by atoms with van der Waals surface area (Å²) in [6, 6.07) is 1.98. The second-order valence-electron chi connectivity index (χ2n) is 7.21. The highest BCUT2D eigenvalue weighted by Crippen LogP contribution is 2.37. The maximum Gasteiger partial charge on any atom is 0.430 e. The number of aliphatic hydroxyl groups is 2. The number of allylic oxidation sites excluding steroid dienone is 1. The molecule has 3 rings (SSSR count). The first-order valence-corrected chi connectivity index (χ1v) is 9.24. The summed E-state index contributed by atoms with van der Waals surface area (Å²) >= 11 is 6.11. The van der Waals surface area contributed by atoms with Gasteiger partial charge in [0.25, 0.3) is 0 Å². The first-order valence-electron chi connectivity index (χ1n) is 8.86. The maximum absolute atomic E-state index is 14.6. The molecule has 0 aliphatic carbocycles. The van der Waals surface area contributed by atoms with Crippen molar-refractivity contribution in [2.24, 2.45) is 5.16 Å². The fraction of sp³-hybridized carbons (Fsp3) is 0.444. The van der Waals surface area contributed by atoms with Crippen molar-refractivity contribution < 1.29 is 42.1 Å². The molecule has 2 aliphatic heterocycles. The van der Waals surface area contributed by atoms with Gasteiger partial charge in [-0.15, -0.1) is 0 Å². The number of esters is 1. The minimum atomic E-state index is -4.85. The average molecular weight is 468 g/mol. The second kappa shape index (κ2) is 8.17. The lowest BCUT2D eigenvalue weighted by atomic mass is 9.92. The van der Waals surface area contributed by atoms with E-state index in [1.807, 2.05) is 0 Å². The molecule has 8 nitrogen and oxygen atoms in total. The molecule has 0 saturated heterocycles. The van der Waals surface area contributed by atoms with Gasteiger partial charge in [0.15, 0.2) is 11.8 Å². The third-order valence-electron chi connectivity index (χ3n) is 4.74. The van der Waals surface area contributed by atoms with Gasteiger partial charge in [-0.3, -0.25) is 9.69 Å². The van der Waals surface area contributed by atoms with Gasteiger partial charge >= 0.3 is 12.1 Å². The van der Waals surface area contributed by atoms with E-state index < -0.39 is 47.5 Å². The number of anilines is 1. The van der Waals surface area contributed by atoms with Crippen molar-refractivity contribution in [1.82, 2.24) is 5.32 Å². The number of ether oxygens (including phenoxy) is 1. The predicted molar refractivity (Wildman–Crippen MR) is 100 cm³/mol. The summed E-state index contributed by atoms with van der Waals surface area (Å²) < 4.78 is 57.9. The third kappa shape index (κ3) is 4.70. The minimum Gasteiger partial charge on any atom is -0.469 e. The van der Waals surface area contributed by atoms with Crippen LogP contribution in [-0.4, -0.2) is 53.4 Å². The van der Waals surface area contributed by atoms with Crippen molar-refractivity contribution >= 4 is 29.0 Å². The van der Waals surface area contributed by atoms with Crippen LogP contribution < -0.4 is 10.2 Å². The summed E-state index contributed by atoms with van der Waals surface area (Å²) in [5.41, 5.74) is -2.47. The van der Waals surface area contributed by atoms with Crippen molar-refractivity contribution in [1.29, 1.82) is 0 Å². The van der Waals surface area contributed by atoms with Crippen molar-refractivity contribution in [3.63, 3.8) is 0 Å². The van der Waals surface area contributed by atoms with E-state index in [0.29, 0.717) is 11.0 Å². The van der Waals surface area contributed by atoms with Crippen LogP contribution in [0.15, 0.2) is 29.1 Å². The Balaban J connectivity index is 1.93. The second-order valence-corrected chi connectivity index (χ2v) is 7.62. The highest BCUT2D eigenvalue weighted by Gasteiger charge is 2.42. The fourth-order valence-corrected chi connectivity index (χ4v) is 3.50. The van der Waals surface area contributed by atoms with Crippen LogP contribution in [0.1, 0.15) is 25.3 Å². The first kappa shape index (κ1) is 23.1. The topological polar surface area (TPSA) is 104 Å². The third-order valence-corrected chi connectivity index (χ3v) is 5.06. The smallest absolute Gasteiger partial charge is 0.430 e. The standard InChI is InChI=1S/C18H18ClF4N3O5/c1-17(7-15(28)30-2)6-11(25-31-17)8-3-12(10(20)4-9(8)19)26-14(27)5-13(18(21,22)23)24-16(26)29/h3-5,14,16,24,27,29H,6-7H2,1-2H3. The minimum absolute atomic E-state index is 0.0913. The molecule has 13 heteroatoms. The monoisotopic (exact) mass is 467 g/mol. The summed E-state index contributed by atoms with van der Waals surface area (Å²) in [6.45, 7) is 1.60. The van der Waals surface area contributed by atoms with E-state index in [4.69, 9.17) is 16.4 Å². The Morgan fingerprint density at radius 2 is 2.13 bits per heavy atom. The summed E-state index contributed by atoms with van der Waals surface area (Å²) in [5.74, 6) is -1.54. The molecule has 31 heavy (non-hydrogen) atoms. The van der Waals surface area contributed by atoms with Crippen LogP contribution in [-0.2, 0) is 14.4 Å². The number of benzene rings is 1. The normalized spacial score (nSPS) is 26.0. The van der Waals surface area contributed by atoms with E-state index in [9.17, 15) is 32.6 Å². The van der Waals surface area contributed by atoms with E-state index in [2.05, 4.69) is 9.89 Å². The zero-order valence-electron chi connectivity index (χ0n) is 16.2. The highest BCUT2D eigenvalue weighted by atomic mass is 35.5. The van der Waals surface area contributed by atoms with Crippen LogP contribution in [0.25, 0.3) is 0 Å². The molecule has 3 N–H and O–H groups in total. The predicted octanol–water partition coefficient (Wildman–Crippen LogP) is 2.38. The van der Waals surface area contributed by atoms with Gasteiger partial charge in [0.1, 0.15) is 11.5 Å². The Morgan fingerprint density at radius 3 is 2.71 bits per heavy atom. The summed E-state index contributed by atoms with van der Waals surface area (Å²) in [7, 11) is 1.22. The number of carbonyl (C=O) groups is 1. The Morgan fingerprint density at radius 1 is 1.45 bits per heavy atom. The van der Waals surface area contributed by atoms with E-state index in [1.165, 1.54) is 7.11 Å². The molecule has 0 radical (unpaired) electrons. The molecule has 0 spiro atoms. The Bertz CT molecular complexity index is 955. The molecule has 0 fully saturated rings. The quantitative estimate of drug-likeness (QED) is 0.461. The lowest BCUT2D eigenvalue weighted by Gasteiger charge is -2.38. The lowest BCUT2D eigenvalue weighted by Crippen LogP contribution is -2.56. The molecule has 3 unspecified atom stereocenters. The zero-order valence-corrected chi connectivity index (χ0v) is 17.0. The van der Waals surface area contributed by atoms with Crippen molar-refractivity contribution in [2.75, 3.05) is 12.0 Å². The van der Waals surface area contributed by atoms with Crippen molar-refractivity contribution in [2.45, 2.75) is 44.1 Å². The molecule has 1 aromatic carbocycles. The van der Waals surface area contributed by atoms with Crippen molar-refractivity contribution in [3.8, 4) is 0 Å². The van der Waals surface area contributed by atoms with Gasteiger partial charge in [0.05, 0.1) is 30.0 Å². The number of hydrogen-bond acceptors (Lipinski definition) is 8. The average Bonchev–Trinajstić information content (AvgIpc) is 3.03. The number of rotatable bonds is 4. The number of methoxy groups -OCH3 is 1. The molecule has 1 aromatic rings. The molecule has 3 atom stereocenters. The zero-order chi connectivity index (χ0) is 23.1. The van der Waals surface area contributed by atoms with Gasteiger partial charge in [-0.05, 0) is 25.1 Å². The summed E-state index contributed by atoms with van der Waals surface area (Å²) in [6.07, 6.45) is -8.58. The number of halogens is 5. The Kier molecular flexibility index (Phi) is 6.09. The molecule has 0 aromatic heterocycles. The Labute approximate surface area is 178 Å². The number of nitrogens with zero attached hydrogens (tertiary/aromatic N) is 2. The summed E-state index contributed by atoms with van der Waals surface area (Å²) in [5, 5.41) is 25.8. The summed E-state index contributed by atoms with van der Waals surface area (Å²) in [4.78, 5) is 17.5. The van der Waals surface area contributed by atoms with Crippen LogP contribution >= 0.6 is 11.6 Å². The SMILES string of the molecule is COC(=O)CC1(C)CC(c2cc(N3C(O)C=C(C(F)(F)F)NC3O)c(F)cc2Cl)=NO1. The van der Waals surface area contributed by atoms with Crippen LogP contribution in [0.5, 0.6) is 0 Å². The van der Waals surface area contributed by atoms with Crippen LogP contribution in [0.3, 0.4) is 0 Å². The van der Waals surface area contributed by atoms with Crippen LogP contribution in [0.4, 0.5) is 23.2 Å². The van der Waals surface area contributed by atoms with E-state index in [1.54, 1.807) is 12.2 Å². The number of carbonyl (C=O) groups excluding carboxylic acids is 1. The maximum atomic E-state index is 14.6. The number of nitrogens with one attached hydrogen (secondary N) is 1. The molecular weight excluding hydrogens is 450 g/mol. The number of alkyl halides is 3. The largest absolute Gasteiger partial charge is 0.469 e. The van der Waals surface area contributed by atoms with Crippen LogP contribution in [0, 0.1) is 5.82 Å². The fourth-order valence-electron chi connectivity index (χ4n) is 3.24. The number of hydrogen-bond donors (Lipinski definition) is 3. The van der Waals surface area contributed by atoms with Crippen LogP contribution in [0.2, 0.25) is 5.02 Å². The van der Waals surface area contributed by atoms with E-state index in [0.717, 1.165) is 12.1 Å². The van der Waals surface area contributed by atoms with E-state index >= 15 is 0 Å². The highest BCUT2D eigenvalue weighted by molar-refractivity contribution is 6.34. The van der Waals surface area contributed by atoms with E-state index in [-0.39, 0.29) is 29.1 Å². The number of oxime groups is 1. The van der Waals surface area contributed by atoms with Gasteiger partial charge in [-0.2, -0.15) is 13.2 Å². The molecule has 170 valence electrons. The first-order chi connectivity index (χ1) is 14.3. The van der Waals surface area contributed by atoms with Gasteiger partial charge in [0.2, 0.25) is 6.35 Å². The molecule has 2 aliphatic rings.